The van der Waals surface area contributed by atoms with Gasteiger partial charge in [0, 0.05) is 43.9 Å². The summed E-state index contributed by atoms with van der Waals surface area (Å²) in [6.07, 6.45) is -4.75. The minimum atomic E-state index is -4.62. The average molecular weight is 426 g/mol. The van der Waals surface area contributed by atoms with Crippen LogP contribution >= 0.6 is 12.4 Å². The third-order valence-electron chi connectivity index (χ3n) is 4.48. The third-order valence-corrected chi connectivity index (χ3v) is 4.48. The predicted octanol–water partition coefficient (Wildman–Crippen LogP) is 2.85. The lowest BCUT2D eigenvalue weighted by Crippen LogP contribution is -2.33. The van der Waals surface area contributed by atoms with Crippen LogP contribution in [-0.2, 0) is 9.59 Å². The number of nitrogens with one attached hydrogen (secondary N) is 1. The van der Waals surface area contributed by atoms with Gasteiger partial charge in [0.2, 0.25) is 5.91 Å². The zero-order chi connectivity index (χ0) is 20.4. The van der Waals surface area contributed by atoms with Crippen molar-refractivity contribution in [1.82, 2.24) is 4.90 Å². The molecule has 0 unspecified atom stereocenters. The zero-order valence-electron chi connectivity index (χ0n) is 14.7. The summed E-state index contributed by atoms with van der Waals surface area (Å²) in [5.41, 5.74) is 0.714. The van der Waals surface area contributed by atoms with Crippen LogP contribution in [0.3, 0.4) is 0 Å². The number of alkyl halides is 3. The Morgan fingerprint density at radius 2 is 2.00 bits per heavy atom. The van der Waals surface area contributed by atoms with E-state index in [0.29, 0.717) is 11.3 Å². The Labute approximate surface area is 164 Å². The molecule has 0 saturated carbocycles. The van der Waals surface area contributed by atoms with Crippen molar-refractivity contribution in [3.8, 4) is 0 Å². The molecule has 1 saturated heterocycles. The molecule has 1 fully saturated rings. The lowest BCUT2D eigenvalue weighted by Gasteiger charge is -2.18. The Morgan fingerprint density at radius 1 is 1.36 bits per heavy atom. The van der Waals surface area contributed by atoms with Crippen molar-refractivity contribution in [1.29, 1.82) is 0 Å². The number of hydrogen-bond donors (Lipinski definition) is 2. The fourth-order valence-corrected chi connectivity index (χ4v) is 3.02. The van der Waals surface area contributed by atoms with Crippen molar-refractivity contribution < 1.29 is 32.8 Å². The molecule has 8 nitrogen and oxygen atoms in total. The fraction of sp³-hybridized carbons (Fsp3) is 0.500. The number of non-ortho nitro benzene ring substituents is 1. The van der Waals surface area contributed by atoms with Gasteiger partial charge >= 0.3 is 12.1 Å². The molecule has 156 valence electrons. The van der Waals surface area contributed by atoms with Gasteiger partial charge in [-0.3, -0.25) is 19.7 Å². The maximum atomic E-state index is 12.9. The molecule has 2 N–H and O–H groups in total. The van der Waals surface area contributed by atoms with Crippen LogP contribution in [0.25, 0.3) is 0 Å². The number of likely N-dealkylation sites (tertiary alicyclic amines) is 1. The summed E-state index contributed by atoms with van der Waals surface area (Å²) in [5.74, 6) is -5.50. The molecule has 1 aliphatic heterocycles. The summed E-state index contributed by atoms with van der Waals surface area (Å²) in [5, 5.41) is 22.2. The third kappa shape index (κ3) is 5.80. The number of aryl methyl sites for hydroxylation is 1. The van der Waals surface area contributed by atoms with Crippen molar-refractivity contribution in [2.75, 3.05) is 25.0 Å². The normalized spacial score (nSPS) is 19.7. The largest absolute Gasteiger partial charge is 0.481 e. The minimum Gasteiger partial charge on any atom is -0.481 e. The number of rotatable bonds is 6. The van der Waals surface area contributed by atoms with Crippen molar-refractivity contribution in [2.24, 2.45) is 11.8 Å². The number of nitro benzene ring substituents is 1. The van der Waals surface area contributed by atoms with Gasteiger partial charge in [0.25, 0.3) is 5.69 Å². The maximum absolute atomic E-state index is 12.9. The lowest BCUT2D eigenvalue weighted by molar-refractivity contribution is -0.384. The van der Waals surface area contributed by atoms with Crippen LogP contribution in [-0.4, -0.2) is 52.6 Å². The van der Waals surface area contributed by atoms with Gasteiger partial charge in [-0.25, -0.2) is 0 Å². The number of benzene rings is 1. The number of carboxylic acid groups (broad SMARTS) is 1. The Kier molecular flexibility index (Phi) is 7.76. The molecule has 1 amide bonds. The first-order valence-electron chi connectivity index (χ1n) is 8.06. The van der Waals surface area contributed by atoms with Gasteiger partial charge in [0.05, 0.1) is 16.8 Å². The number of nitro groups is 1. The van der Waals surface area contributed by atoms with E-state index in [4.69, 9.17) is 5.11 Å². The molecule has 0 spiro atoms. The highest BCUT2D eigenvalue weighted by Gasteiger charge is 2.52. The fourth-order valence-electron chi connectivity index (χ4n) is 3.02. The van der Waals surface area contributed by atoms with Crippen LogP contribution in [0, 0.1) is 28.9 Å². The van der Waals surface area contributed by atoms with Gasteiger partial charge in [0.1, 0.15) is 0 Å². The van der Waals surface area contributed by atoms with E-state index in [0.717, 1.165) is 0 Å². The number of carboxylic acids is 1. The van der Waals surface area contributed by atoms with Gasteiger partial charge in [-0.1, -0.05) is 0 Å². The smallest absolute Gasteiger partial charge is 0.393 e. The quantitative estimate of drug-likeness (QED) is 0.535. The number of aliphatic carboxylic acids is 1. The van der Waals surface area contributed by atoms with Gasteiger partial charge < -0.3 is 15.3 Å². The Morgan fingerprint density at radius 3 is 2.46 bits per heavy atom. The summed E-state index contributed by atoms with van der Waals surface area (Å²) < 4.78 is 38.8. The highest BCUT2D eigenvalue weighted by Crippen LogP contribution is 2.37. The van der Waals surface area contributed by atoms with Gasteiger partial charge in [0.15, 0.2) is 0 Å². The number of halogens is 4. The van der Waals surface area contributed by atoms with Crippen LogP contribution in [0.2, 0.25) is 0 Å². The standard InChI is InChI=1S/C16H18F3N3O5.ClH/c1-9-6-10(22(26)27)2-3-13(9)20-14(23)4-5-21-7-11(15(24)25)12(8-21)16(17,18)19;/h2-3,6,11-12H,4-5,7-8H2,1H3,(H,20,23)(H,24,25);1H/t11-,12-;/m1./s1. The Hall–Kier alpha value is -2.40. The summed E-state index contributed by atoms with van der Waals surface area (Å²) in [6, 6.07) is 3.90. The molecular weight excluding hydrogens is 407 g/mol. The van der Waals surface area contributed by atoms with Crippen LogP contribution in [0.1, 0.15) is 12.0 Å². The number of amides is 1. The molecule has 1 aromatic carbocycles. The molecule has 0 aromatic heterocycles. The van der Waals surface area contributed by atoms with E-state index in [1.54, 1.807) is 6.92 Å². The summed E-state index contributed by atoms with van der Waals surface area (Å²) in [4.78, 5) is 34.5. The molecule has 0 radical (unpaired) electrons. The zero-order valence-corrected chi connectivity index (χ0v) is 15.5. The van der Waals surface area contributed by atoms with E-state index < -0.39 is 41.4 Å². The van der Waals surface area contributed by atoms with E-state index >= 15 is 0 Å². The van der Waals surface area contributed by atoms with Crippen molar-refractivity contribution in [2.45, 2.75) is 19.5 Å². The van der Waals surface area contributed by atoms with Crippen LogP contribution in [0.5, 0.6) is 0 Å². The van der Waals surface area contributed by atoms with E-state index in [2.05, 4.69) is 5.32 Å². The van der Waals surface area contributed by atoms with Gasteiger partial charge in [-0.05, 0) is 18.6 Å². The van der Waals surface area contributed by atoms with Crippen LogP contribution in [0.15, 0.2) is 18.2 Å². The first-order valence-corrected chi connectivity index (χ1v) is 8.06. The van der Waals surface area contributed by atoms with E-state index in [9.17, 15) is 32.9 Å². The molecular formula is C16H19ClF3N3O5. The molecule has 1 heterocycles. The van der Waals surface area contributed by atoms with Crippen molar-refractivity contribution >= 4 is 35.7 Å². The second-order valence-electron chi connectivity index (χ2n) is 6.41. The average Bonchev–Trinajstić information content (AvgIpc) is 2.99. The van der Waals surface area contributed by atoms with Crippen LogP contribution < -0.4 is 5.32 Å². The number of carbonyl (C=O) groups excluding carboxylic acids is 1. The lowest BCUT2D eigenvalue weighted by atomic mass is 9.96. The second-order valence-corrected chi connectivity index (χ2v) is 6.41. The first kappa shape index (κ1) is 23.6. The van der Waals surface area contributed by atoms with Crippen molar-refractivity contribution in [3.05, 3.63) is 33.9 Å². The van der Waals surface area contributed by atoms with Gasteiger partial charge in [-0.2, -0.15) is 13.2 Å². The predicted molar refractivity (Wildman–Crippen MR) is 95.4 cm³/mol. The molecule has 12 heteroatoms. The highest BCUT2D eigenvalue weighted by molar-refractivity contribution is 5.91. The Bertz CT molecular complexity index is 760. The molecule has 2 rings (SSSR count). The molecule has 2 atom stereocenters. The van der Waals surface area contributed by atoms with Crippen molar-refractivity contribution in [3.63, 3.8) is 0 Å². The number of carbonyl (C=O) groups is 2. The highest BCUT2D eigenvalue weighted by atomic mass is 35.5. The SMILES string of the molecule is Cc1cc([N+](=O)[O-])ccc1NC(=O)CCN1C[C@@H](C(F)(F)F)[C@H](C(=O)O)C1.Cl. The molecule has 1 aliphatic rings. The maximum Gasteiger partial charge on any atom is 0.393 e. The first-order chi connectivity index (χ1) is 12.5. The van der Waals surface area contributed by atoms with Crippen LogP contribution in [0.4, 0.5) is 24.5 Å². The van der Waals surface area contributed by atoms with E-state index in [-0.39, 0.29) is 37.6 Å². The molecule has 1 aromatic rings. The van der Waals surface area contributed by atoms with Gasteiger partial charge in [-0.15, -0.1) is 12.4 Å². The summed E-state index contributed by atoms with van der Waals surface area (Å²) in [7, 11) is 0. The molecule has 28 heavy (non-hydrogen) atoms. The topological polar surface area (TPSA) is 113 Å². The Balaban J connectivity index is 0.00000392. The minimum absolute atomic E-state index is 0. The summed E-state index contributed by atoms with van der Waals surface area (Å²) >= 11 is 0. The van der Waals surface area contributed by atoms with E-state index in [1.165, 1.54) is 23.1 Å². The monoisotopic (exact) mass is 425 g/mol. The summed E-state index contributed by atoms with van der Waals surface area (Å²) in [6.45, 7) is 0.816. The number of nitrogens with zero attached hydrogens (tertiary/aromatic N) is 2. The second kappa shape index (κ2) is 9.20. The number of anilines is 1. The number of hydrogen-bond acceptors (Lipinski definition) is 5. The molecule has 0 bridgehead atoms. The molecule has 0 aliphatic carbocycles. The van der Waals surface area contributed by atoms with E-state index in [1.807, 2.05) is 0 Å².